The van der Waals surface area contributed by atoms with Gasteiger partial charge in [0.05, 0.1) is 11.6 Å². The molecule has 2 aromatic rings. The van der Waals surface area contributed by atoms with Gasteiger partial charge in [-0.15, -0.1) is 0 Å². The van der Waals surface area contributed by atoms with Crippen LogP contribution in [0.15, 0.2) is 42.5 Å². The molecule has 1 amide bonds. The second-order valence-electron chi connectivity index (χ2n) is 5.75. The van der Waals surface area contributed by atoms with Crippen LogP contribution in [0.3, 0.4) is 0 Å². The molecule has 0 fully saturated rings. The van der Waals surface area contributed by atoms with Gasteiger partial charge in [-0.2, -0.15) is 5.26 Å². The highest BCUT2D eigenvalue weighted by Crippen LogP contribution is 2.11. The van der Waals surface area contributed by atoms with Crippen LogP contribution in [0.25, 0.3) is 0 Å². The molecule has 5 heteroatoms. The standard InChI is InChI=1S/C19H18N2O3/c1-12-7-13(2)9-16(8-12)18(22)21-17(19(23)24)10-14-3-5-15(11-20)6-4-14/h3-9,17H,10H2,1-2H3,(H,21,22)(H,23,24)/t17-/m0/s1. The molecule has 0 aliphatic heterocycles. The number of carboxylic acid groups (broad SMARTS) is 1. The Morgan fingerprint density at radius 3 is 2.21 bits per heavy atom. The minimum Gasteiger partial charge on any atom is -0.480 e. The average Bonchev–Trinajstić information content (AvgIpc) is 2.53. The third-order valence-electron chi connectivity index (χ3n) is 3.61. The zero-order valence-electron chi connectivity index (χ0n) is 13.5. The normalized spacial score (nSPS) is 11.4. The van der Waals surface area contributed by atoms with Gasteiger partial charge in [0, 0.05) is 12.0 Å². The minimum atomic E-state index is -1.10. The predicted octanol–water partition coefficient (Wildman–Crippen LogP) is 2.60. The van der Waals surface area contributed by atoms with Gasteiger partial charge in [0.15, 0.2) is 0 Å². The Bertz CT molecular complexity index is 784. The molecule has 24 heavy (non-hydrogen) atoms. The van der Waals surface area contributed by atoms with E-state index in [1.54, 1.807) is 36.4 Å². The third kappa shape index (κ3) is 4.43. The van der Waals surface area contributed by atoms with Gasteiger partial charge in [0.1, 0.15) is 6.04 Å². The summed E-state index contributed by atoms with van der Waals surface area (Å²) in [6, 6.07) is 13.0. The van der Waals surface area contributed by atoms with Crippen molar-refractivity contribution in [2.45, 2.75) is 26.3 Å². The number of amides is 1. The lowest BCUT2D eigenvalue weighted by atomic mass is 10.0. The summed E-state index contributed by atoms with van der Waals surface area (Å²) < 4.78 is 0. The van der Waals surface area contributed by atoms with E-state index in [-0.39, 0.29) is 6.42 Å². The van der Waals surface area contributed by atoms with Gasteiger partial charge in [-0.3, -0.25) is 4.79 Å². The first kappa shape index (κ1) is 17.2. The molecule has 0 unspecified atom stereocenters. The van der Waals surface area contributed by atoms with Crippen LogP contribution in [0.1, 0.15) is 32.6 Å². The highest BCUT2D eigenvalue weighted by atomic mass is 16.4. The van der Waals surface area contributed by atoms with E-state index in [1.807, 2.05) is 26.0 Å². The Hall–Kier alpha value is -3.13. The van der Waals surface area contributed by atoms with Crippen molar-refractivity contribution in [3.8, 4) is 6.07 Å². The summed E-state index contributed by atoms with van der Waals surface area (Å²) in [5, 5.41) is 20.7. The highest BCUT2D eigenvalue weighted by molar-refractivity contribution is 5.97. The lowest BCUT2D eigenvalue weighted by Gasteiger charge is -2.15. The summed E-state index contributed by atoms with van der Waals surface area (Å²) in [5.41, 5.74) is 3.57. The number of carbonyl (C=O) groups excluding carboxylic acids is 1. The van der Waals surface area contributed by atoms with E-state index in [1.165, 1.54) is 0 Å². The molecule has 0 bridgehead atoms. The van der Waals surface area contributed by atoms with Gasteiger partial charge in [-0.25, -0.2) is 4.79 Å². The maximum atomic E-state index is 12.3. The SMILES string of the molecule is Cc1cc(C)cc(C(=O)N[C@@H](Cc2ccc(C#N)cc2)C(=O)O)c1. The van der Waals surface area contributed by atoms with Crippen LogP contribution in [-0.2, 0) is 11.2 Å². The predicted molar refractivity (Wildman–Crippen MR) is 89.7 cm³/mol. The number of hydrogen-bond acceptors (Lipinski definition) is 3. The molecule has 0 saturated heterocycles. The molecule has 0 radical (unpaired) electrons. The van der Waals surface area contributed by atoms with Gasteiger partial charge >= 0.3 is 5.97 Å². The maximum absolute atomic E-state index is 12.3. The van der Waals surface area contributed by atoms with Crippen LogP contribution in [0.5, 0.6) is 0 Å². The molecule has 0 heterocycles. The van der Waals surface area contributed by atoms with Gasteiger partial charge in [-0.05, 0) is 43.7 Å². The van der Waals surface area contributed by atoms with Crippen LogP contribution >= 0.6 is 0 Å². The van der Waals surface area contributed by atoms with Crippen molar-refractivity contribution < 1.29 is 14.7 Å². The highest BCUT2D eigenvalue weighted by Gasteiger charge is 2.21. The van der Waals surface area contributed by atoms with Crippen LogP contribution in [0.4, 0.5) is 0 Å². The lowest BCUT2D eigenvalue weighted by Crippen LogP contribution is -2.42. The topological polar surface area (TPSA) is 90.2 Å². The Labute approximate surface area is 140 Å². The van der Waals surface area contributed by atoms with Crippen molar-refractivity contribution in [3.63, 3.8) is 0 Å². The largest absolute Gasteiger partial charge is 0.480 e. The number of carboxylic acids is 1. The molecule has 0 saturated carbocycles. The van der Waals surface area contributed by atoms with Crippen LogP contribution in [0.2, 0.25) is 0 Å². The first-order chi connectivity index (χ1) is 11.4. The Morgan fingerprint density at radius 2 is 1.71 bits per heavy atom. The number of aryl methyl sites for hydroxylation is 2. The van der Waals surface area contributed by atoms with Gasteiger partial charge < -0.3 is 10.4 Å². The van der Waals surface area contributed by atoms with E-state index in [9.17, 15) is 14.7 Å². The number of benzene rings is 2. The van der Waals surface area contributed by atoms with Crippen molar-refractivity contribution in [1.82, 2.24) is 5.32 Å². The molecule has 2 N–H and O–H groups in total. The fraction of sp³-hybridized carbons (Fsp3) is 0.211. The van der Waals surface area contributed by atoms with Crippen molar-refractivity contribution >= 4 is 11.9 Å². The second kappa shape index (κ2) is 7.42. The minimum absolute atomic E-state index is 0.150. The quantitative estimate of drug-likeness (QED) is 0.885. The Morgan fingerprint density at radius 1 is 1.12 bits per heavy atom. The van der Waals surface area contributed by atoms with E-state index < -0.39 is 17.9 Å². The number of nitrogens with zero attached hydrogens (tertiary/aromatic N) is 1. The number of hydrogen-bond donors (Lipinski definition) is 2. The van der Waals surface area contributed by atoms with E-state index >= 15 is 0 Å². The summed E-state index contributed by atoms with van der Waals surface area (Å²) in [6.45, 7) is 3.77. The summed E-state index contributed by atoms with van der Waals surface area (Å²) in [4.78, 5) is 23.8. The van der Waals surface area contributed by atoms with Gasteiger partial charge in [0.25, 0.3) is 5.91 Å². The summed E-state index contributed by atoms with van der Waals surface area (Å²) >= 11 is 0. The smallest absolute Gasteiger partial charge is 0.326 e. The third-order valence-corrected chi connectivity index (χ3v) is 3.61. The maximum Gasteiger partial charge on any atom is 0.326 e. The van der Waals surface area contributed by atoms with Crippen molar-refractivity contribution in [2.24, 2.45) is 0 Å². The first-order valence-corrected chi connectivity index (χ1v) is 7.50. The van der Waals surface area contributed by atoms with E-state index in [4.69, 9.17) is 5.26 Å². The molecule has 0 aromatic heterocycles. The Kier molecular flexibility index (Phi) is 5.33. The van der Waals surface area contributed by atoms with Crippen molar-refractivity contribution in [2.75, 3.05) is 0 Å². The number of nitrogens with one attached hydrogen (secondary N) is 1. The average molecular weight is 322 g/mol. The number of aliphatic carboxylic acids is 1. The van der Waals surface area contributed by atoms with Crippen molar-refractivity contribution in [1.29, 1.82) is 5.26 Å². The fourth-order valence-electron chi connectivity index (χ4n) is 2.50. The second-order valence-corrected chi connectivity index (χ2v) is 5.75. The number of carbonyl (C=O) groups is 2. The molecular formula is C19H18N2O3. The molecule has 0 spiro atoms. The molecular weight excluding hydrogens is 304 g/mol. The zero-order valence-corrected chi connectivity index (χ0v) is 13.5. The van der Waals surface area contributed by atoms with Crippen LogP contribution in [0, 0.1) is 25.2 Å². The number of rotatable bonds is 5. The van der Waals surface area contributed by atoms with E-state index in [0.717, 1.165) is 16.7 Å². The van der Waals surface area contributed by atoms with E-state index in [2.05, 4.69) is 5.32 Å². The Balaban J connectivity index is 2.14. The van der Waals surface area contributed by atoms with E-state index in [0.29, 0.717) is 11.1 Å². The molecule has 5 nitrogen and oxygen atoms in total. The molecule has 1 atom stereocenters. The lowest BCUT2D eigenvalue weighted by molar-refractivity contribution is -0.139. The fourth-order valence-corrected chi connectivity index (χ4v) is 2.50. The summed E-state index contributed by atoms with van der Waals surface area (Å²) in [6.07, 6.45) is 0.150. The molecule has 0 aliphatic rings. The molecule has 122 valence electrons. The van der Waals surface area contributed by atoms with Crippen molar-refractivity contribution in [3.05, 3.63) is 70.3 Å². The molecule has 2 aromatic carbocycles. The molecule has 0 aliphatic carbocycles. The first-order valence-electron chi connectivity index (χ1n) is 7.50. The summed E-state index contributed by atoms with van der Waals surface area (Å²) in [5.74, 6) is -1.51. The van der Waals surface area contributed by atoms with Crippen LogP contribution in [-0.4, -0.2) is 23.0 Å². The van der Waals surface area contributed by atoms with Gasteiger partial charge in [-0.1, -0.05) is 29.3 Å². The number of nitriles is 1. The molecule has 2 rings (SSSR count). The van der Waals surface area contributed by atoms with Crippen LogP contribution < -0.4 is 5.32 Å². The van der Waals surface area contributed by atoms with Gasteiger partial charge in [0.2, 0.25) is 0 Å². The monoisotopic (exact) mass is 322 g/mol. The zero-order chi connectivity index (χ0) is 17.7. The summed E-state index contributed by atoms with van der Waals surface area (Å²) in [7, 11) is 0.